The summed E-state index contributed by atoms with van der Waals surface area (Å²) < 4.78 is 27.2. The van der Waals surface area contributed by atoms with Gasteiger partial charge in [-0.1, -0.05) is 13.8 Å². The molecule has 0 amide bonds. The van der Waals surface area contributed by atoms with E-state index in [0.29, 0.717) is 23.5 Å². The molecular formula is C14H21N3O2S. The van der Waals surface area contributed by atoms with Gasteiger partial charge in [0, 0.05) is 29.3 Å². The van der Waals surface area contributed by atoms with E-state index in [9.17, 15) is 8.42 Å². The number of nitrogens with two attached hydrogens (primary N) is 1. The summed E-state index contributed by atoms with van der Waals surface area (Å²) in [5, 5.41) is 0.663. The van der Waals surface area contributed by atoms with Crippen LogP contribution in [0.25, 0.3) is 10.9 Å². The van der Waals surface area contributed by atoms with E-state index in [1.807, 2.05) is 0 Å². The van der Waals surface area contributed by atoms with Crippen LogP contribution in [-0.4, -0.2) is 19.9 Å². The van der Waals surface area contributed by atoms with Crippen molar-refractivity contribution in [2.75, 3.05) is 12.3 Å². The molecule has 2 aromatic rings. The molecule has 0 saturated carbocycles. The third kappa shape index (κ3) is 3.32. The van der Waals surface area contributed by atoms with Crippen LogP contribution in [0.5, 0.6) is 0 Å². The van der Waals surface area contributed by atoms with E-state index in [4.69, 9.17) is 5.73 Å². The van der Waals surface area contributed by atoms with Gasteiger partial charge in [-0.25, -0.2) is 13.1 Å². The zero-order valence-electron chi connectivity index (χ0n) is 11.8. The standard InChI is InChI=1S/C14H21N3O2S/c1-10(2)4-3-7-17-20(18,19)14-9-16-13-8-11(15)5-6-12(13)14/h5-6,8-10,16-17H,3-4,7,15H2,1-2H3. The first-order chi connectivity index (χ1) is 9.40. The van der Waals surface area contributed by atoms with Crippen molar-refractivity contribution in [3.05, 3.63) is 24.4 Å². The van der Waals surface area contributed by atoms with Crippen LogP contribution in [-0.2, 0) is 10.0 Å². The molecule has 0 aliphatic heterocycles. The van der Waals surface area contributed by atoms with Crippen LogP contribution in [0, 0.1) is 5.92 Å². The molecule has 0 aliphatic carbocycles. The van der Waals surface area contributed by atoms with Gasteiger partial charge in [0.25, 0.3) is 0 Å². The number of rotatable bonds is 6. The molecule has 0 atom stereocenters. The third-order valence-corrected chi connectivity index (χ3v) is 4.71. The van der Waals surface area contributed by atoms with Gasteiger partial charge >= 0.3 is 0 Å². The molecule has 2 rings (SSSR count). The summed E-state index contributed by atoms with van der Waals surface area (Å²) in [6, 6.07) is 5.16. The van der Waals surface area contributed by atoms with Gasteiger partial charge in [-0.15, -0.1) is 0 Å². The second-order valence-electron chi connectivity index (χ2n) is 5.39. The van der Waals surface area contributed by atoms with Crippen LogP contribution in [0.2, 0.25) is 0 Å². The Morgan fingerprint density at radius 3 is 2.80 bits per heavy atom. The molecule has 0 fully saturated rings. The topological polar surface area (TPSA) is 88.0 Å². The van der Waals surface area contributed by atoms with E-state index in [2.05, 4.69) is 23.6 Å². The van der Waals surface area contributed by atoms with Gasteiger partial charge in [0.15, 0.2) is 0 Å². The van der Waals surface area contributed by atoms with Crippen LogP contribution in [0.4, 0.5) is 5.69 Å². The SMILES string of the molecule is CC(C)CCCNS(=O)(=O)c1c[nH]c2cc(N)ccc12. The molecule has 20 heavy (non-hydrogen) atoms. The van der Waals surface area contributed by atoms with Crippen molar-refractivity contribution in [2.45, 2.75) is 31.6 Å². The first kappa shape index (κ1) is 14.9. The highest BCUT2D eigenvalue weighted by molar-refractivity contribution is 7.89. The number of nitrogens with one attached hydrogen (secondary N) is 2. The number of hydrogen-bond acceptors (Lipinski definition) is 3. The third-order valence-electron chi connectivity index (χ3n) is 3.21. The van der Waals surface area contributed by atoms with Crippen molar-refractivity contribution in [3.63, 3.8) is 0 Å². The van der Waals surface area contributed by atoms with Crippen molar-refractivity contribution in [3.8, 4) is 0 Å². The maximum absolute atomic E-state index is 12.3. The van der Waals surface area contributed by atoms with Gasteiger partial charge in [0.1, 0.15) is 4.90 Å². The van der Waals surface area contributed by atoms with E-state index in [1.165, 1.54) is 6.20 Å². The predicted molar refractivity (Wildman–Crippen MR) is 82.0 cm³/mol. The molecule has 0 spiro atoms. The summed E-state index contributed by atoms with van der Waals surface area (Å²) in [5.41, 5.74) is 7.02. The lowest BCUT2D eigenvalue weighted by atomic mass is 10.1. The van der Waals surface area contributed by atoms with Crippen LogP contribution >= 0.6 is 0 Å². The lowest BCUT2D eigenvalue weighted by molar-refractivity contribution is 0.540. The fourth-order valence-corrected chi connectivity index (χ4v) is 3.38. The molecule has 0 aliphatic rings. The molecule has 5 nitrogen and oxygen atoms in total. The Kier molecular flexibility index (Phi) is 4.35. The van der Waals surface area contributed by atoms with Gasteiger partial charge < -0.3 is 10.7 Å². The highest BCUT2D eigenvalue weighted by atomic mass is 32.2. The molecular weight excluding hydrogens is 274 g/mol. The molecule has 1 aromatic carbocycles. The molecule has 1 heterocycles. The normalized spacial score (nSPS) is 12.3. The number of aromatic amines is 1. The number of nitrogen functional groups attached to an aromatic ring is 1. The Hall–Kier alpha value is -1.53. The number of H-pyrrole nitrogens is 1. The lowest BCUT2D eigenvalue weighted by Crippen LogP contribution is -2.24. The number of hydrogen-bond donors (Lipinski definition) is 3. The van der Waals surface area contributed by atoms with E-state index in [1.54, 1.807) is 18.2 Å². The highest BCUT2D eigenvalue weighted by Gasteiger charge is 2.18. The summed E-state index contributed by atoms with van der Waals surface area (Å²) >= 11 is 0. The second-order valence-corrected chi connectivity index (χ2v) is 7.13. The van der Waals surface area contributed by atoms with Crippen LogP contribution in [0.3, 0.4) is 0 Å². The summed E-state index contributed by atoms with van der Waals surface area (Å²) in [6.07, 6.45) is 3.36. The zero-order valence-corrected chi connectivity index (χ0v) is 12.6. The Bertz CT molecular complexity index is 690. The fraction of sp³-hybridized carbons (Fsp3) is 0.429. The van der Waals surface area contributed by atoms with Crippen molar-refractivity contribution < 1.29 is 8.42 Å². The van der Waals surface area contributed by atoms with Crippen LogP contribution in [0.15, 0.2) is 29.3 Å². The first-order valence-electron chi connectivity index (χ1n) is 6.76. The second kappa shape index (κ2) is 5.85. The van der Waals surface area contributed by atoms with Gasteiger partial charge in [0.2, 0.25) is 10.0 Å². The van der Waals surface area contributed by atoms with E-state index >= 15 is 0 Å². The minimum absolute atomic E-state index is 0.275. The summed E-state index contributed by atoms with van der Waals surface area (Å²) in [4.78, 5) is 3.22. The van der Waals surface area contributed by atoms with E-state index < -0.39 is 10.0 Å². The maximum atomic E-state index is 12.3. The Morgan fingerprint density at radius 1 is 1.35 bits per heavy atom. The number of aromatic nitrogens is 1. The summed E-state index contributed by atoms with van der Waals surface area (Å²) in [7, 11) is -3.48. The van der Waals surface area contributed by atoms with E-state index in [-0.39, 0.29) is 4.90 Å². The van der Waals surface area contributed by atoms with Crippen molar-refractivity contribution in [2.24, 2.45) is 5.92 Å². The average Bonchev–Trinajstić information content (AvgIpc) is 2.78. The monoisotopic (exact) mass is 295 g/mol. The van der Waals surface area contributed by atoms with Crippen molar-refractivity contribution >= 4 is 26.6 Å². The first-order valence-corrected chi connectivity index (χ1v) is 8.25. The smallest absolute Gasteiger partial charge is 0.242 e. The van der Waals surface area contributed by atoms with Crippen molar-refractivity contribution in [1.82, 2.24) is 9.71 Å². The zero-order chi connectivity index (χ0) is 14.8. The van der Waals surface area contributed by atoms with Crippen molar-refractivity contribution in [1.29, 1.82) is 0 Å². The number of fused-ring (bicyclic) bond motifs is 1. The molecule has 110 valence electrons. The summed E-state index contributed by atoms with van der Waals surface area (Å²) in [6.45, 7) is 4.71. The quantitative estimate of drug-likeness (QED) is 0.565. The molecule has 4 N–H and O–H groups in total. The highest BCUT2D eigenvalue weighted by Crippen LogP contribution is 2.24. The molecule has 0 radical (unpaired) electrons. The predicted octanol–water partition coefficient (Wildman–Crippen LogP) is 2.46. The largest absolute Gasteiger partial charge is 0.399 e. The minimum Gasteiger partial charge on any atom is -0.399 e. The van der Waals surface area contributed by atoms with Gasteiger partial charge in [-0.05, 0) is 37.0 Å². The van der Waals surface area contributed by atoms with Gasteiger partial charge in [-0.2, -0.15) is 0 Å². The van der Waals surface area contributed by atoms with E-state index in [0.717, 1.165) is 18.4 Å². The Balaban J connectivity index is 2.15. The molecule has 0 unspecified atom stereocenters. The molecule has 0 saturated heterocycles. The molecule has 0 bridgehead atoms. The van der Waals surface area contributed by atoms with Crippen LogP contribution < -0.4 is 10.5 Å². The maximum Gasteiger partial charge on any atom is 0.242 e. The van der Waals surface area contributed by atoms with Crippen LogP contribution in [0.1, 0.15) is 26.7 Å². The van der Waals surface area contributed by atoms with Gasteiger partial charge in [-0.3, -0.25) is 0 Å². The average molecular weight is 295 g/mol. The summed E-state index contributed by atoms with van der Waals surface area (Å²) in [5.74, 6) is 0.579. The number of sulfonamides is 1. The molecule has 1 aromatic heterocycles. The number of benzene rings is 1. The number of anilines is 1. The Labute approximate surface area is 119 Å². The van der Waals surface area contributed by atoms with Gasteiger partial charge in [0.05, 0.1) is 0 Å². The lowest BCUT2D eigenvalue weighted by Gasteiger charge is -2.07. The fourth-order valence-electron chi connectivity index (χ4n) is 2.13. The minimum atomic E-state index is -3.48. The molecule has 6 heteroatoms. The Morgan fingerprint density at radius 2 is 2.10 bits per heavy atom.